The number of Topliss-reactive ketones (excluding diaryl/α,β-unsaturated/α-hetero) is 1. The van der Waals surface area contributed by atoms with Gasteiger partial charge in [-0.05, 0) is 73.7 Å². The summed E-state index contributed by atoms with van der Waals surface area (Å²) in [5.74, 6) is 0.176. The molecule has 2 aromatic carbocycles. The number of hydrogen-bond donors (Lipinski definition) is 1. The number of aryl methyl sites for hydroxylation is 2. The molecule has 2 N–H and O–H groups in total. The van der Waals surface area contributed by atoms with E-state index in [0.717, 1.165) is 32.9 Å². The van der Waals surface area contributed by atoms with E-state index < -0.39 is 11.9 Å². The number of halogens is 1. The molecule has 0 fully saturated rings. The van der Waals surface area contributed by atoms with E-state index >= 15 is 0 Å². The Morgan fingerprint density at radius 2 is 1.91 bits per heavy atom. The number of thioether (sulfide) groups is 1. The maximum absolute atomic E-state index is 13.1. The summed E-state index contributed by atoms with van der Waals surface area (Å²) in [7, 11) is 0. The van der Waals surface area contributed by atoms with Crippen LogP contribution >= 0.6 is 23.4 Å². The van der Waals surface area contributed by atoms with E-state index in [4.69, 9.17) is 26.8 Å². The Morgan fingerprint density at radius 3 is 2.62 bits per heavy atom. The maximum Gasteiger partial charge on any atom is 0.340 e. The van der Waals surface area contributed by atoms with Gasteiger partial charge in [0.25, 0.3) is 0 Å². The molecule has 0 amide bonds. The molecule has 1 heterocycles. The lowest BCUT2D eigenvalue weighted by Gasteiger charge is -2.33. The highest BCUT2D eigenvalue weighted by atomic mass is 35.5. The molecule has 2 aromatic rings. The third kappa shape index (κ3) is 4.89. The van der Waals surface area contributed by atoms with Crippen molar-refractivity contribution in [1.82, 2.24) is 0 Å². The van der Waals surface area contributed by atoms with E-state index in [1.165, 1.54) is 0 Å². The van der Waals surface area contributed by atoms with Crippen LogP contribution in [0.5, 0.6) is 0 Å². The first-order valence-corrected chi connectivity index (χ1v) is 12.8. The summed E-state index contributed by atoms with van der Waals surface area (Å²) in [6.45, 7) is 6.02. The second kappa shape index (κ2) is 10.3. The van der Waals surface area contributed by atoms with Gasteiger partial charge in [-0.2, -0.15) is 0 Å². The van der Waals surface area contributed by atoms with Crippen LogP contribution in [-0.4, -0.2) is 18.4 Å². The third-order valence-electron chi connectivity index (χ3n) is 6.22. The van der Waals surface area contributed by atoms with Gasteiger partial charge in [-0.3, -0.25) is 4.79 Å². The summed E-state index contributed by atoms with van der Waals surface area (Å²) < 4.78 is 11.1. The highest BCUT2D eigenvalue weighted by molar-refractivity contribution is 7.98. The lowest BCUT2D eigenvalue weighted by atomic mass is 9.75. The zero-order valence-corrected chi connectivity index (χ0v) is 21.1. The summed E-state index contributed by atoms with van der Waals surface area (Å²) in [4.78, 5) is 27.2. The fraction of sp³-hybridized carbons (Fsp3) is 0.333. The molecule has 1 atom stereocenters. The van der Waals surface area contributed by atoms with Crippen LogP contribution in [0.25, 0.3) is 0 Å². The van der Waals surface area contributed by atoms with Gasteiger partial charge in [0.05, 0.1) is 12.5 Å². The van der Waals surface area contributed by atoms with Crippen molar-refractivity contribution in [3.63, 3.8) is 0 Å². The quantitative estimate of drug-likeness (QED) is 0.383. The van der Waals surface area contributed by atoms with Crippen LogP contribution in [0.4, 0.5) is 0 Å². The molecule has 1 aliphatic carbocycles. The molecule has 0 unspecified atom stereocenters. The first-order valence-electron chi connectivity index (χ1n) is 11.4. The normalized spacial score (nSPS) is 18.0. The molecule has 0 saturated heterocycles. The Hall–Kier alpha value is -2.70. The van der Waals surface area contributed by atoms with Crippen LogP contribution < -0.4 is 5.73 Å². The Balaban J connectivity index is 1.78. The average Bonchev–Trinajstić information content (AvgIpc) is 2.79. The van der Waals surface area contributed by atoms with Gasteiger partial charge in [-0.15, -0.1) is 11.8 Å². The highest BCUT2D eigenvalue weighted by Crippen LogP contribution is 2.45. The second-order valence-electron chi connectivity index (χ2n) is 8.52. The van der Waals surface area contributed by atoms with Crippen molar-refractivity contribution in [3.8, 4) is 0 Å². The van der Waals surface area contributed by atoms with Gasteiger partial charge in [0.15, 0.2) is 5.78 Å². The highest BCUT2D eigenvalue weighted by Gasteiger charge is 2.41. The molecule has 0 bridgehead atoms. The van der Waals surface area contributed by atoms with Gasteiger partial charge >= 0.3 is 5.97 Å². The van der Waals surface area contributed by atoms with Gasteiger partial charge in [-0.1, -0.05) is 23.7 Å². The fourth-order valence-corrected chi connectivity index (χ4v) is 5.64. The lowest BCUT2D eigenvalue weighted by Crippen LogP contribution is -2.32. The Kier molecular flexibility index (Phi) is 7.39. The summed E-state index contributed by atoms with van der Waals surface area (Å²) in [6.07, 6.45) is 1.76. The molecule has 0 spiro atoms. The number of esters is 1. The molecule has 178 valence electrons. The minimum absolute atomic E-state index is 0.00221. The van der Waals surface area contributed by atoms with E-state index in [-0.39, 0.29) is 23.8 Å². The van der Waals surface area contributed by atoms with Gasteiger partial charge in [-0.25, -0.2) is 4.79 Å². The number of carbonyl (C=O) groups excluding carboxylic acids is 2. The van der Waals surface area contributed by atoms with Gasteiger partial charge in [0, 0.05) is 34.1 Å². The van der Waals surface area contributed by atoms with Crippen LogP contribution in [0, 0.1) is 13.8 Å². The average molecular weight is 498 g/mol. The number of nitrogens with two attached hydrogens (primary N) is 1. The summed E-state index contributed by atoms with van der Waals surface area (Å²) in [5.41, 5.74) is 11.1. The fourth-order valence-electron chi connectivity index (χ4n) is 4.55. The Labute approximate surface area is 209 Å². The molecular weight excluding hydrogens is 470 g/mol. The predicted molar refractivity (Wildman–Crippen MR) is 134 cm³/mol. The molecule has 2 aliphatic rings. The number of ketones is 1. The van der Waals surface area contributed by atoms with Crippen LogP contribution in [-0.2, 0) is 24.8 Å². The lowest BCUT2D eigenvalue weighted by molar-refractivity contribution is -0.139. The number of benzene rings is 2. The minimum Gasteiger partial charge on any atom is -0.462 e. The minimum atomic E-state index is -0.601. The van der Waals surface area contributed by atoms with Crippen LogP contribution in [0.15, 0.2) is 64.1 Å². The Bertz CT molecular complexity index is 1200. The molecule has 0 aromatic heterocycles. The Morgan fingerprint density at radius 1 is 1.18 bits per heavy atom. The maximum atomic E-state index is 13.1. The monoisotopic (exact) mass is 497 g/mol. The number of ether oxygens (including phenoxy) is 2. The van der Waals surface area contributed by atoms with Gasteiger partial charge in [0.2, 0.25) is 5.88 Å². The zero-order chi connectivity index (χ0) is 24.4. The number of carbonyl (C=O) groups is 2. The van der Waals surface area contributed by atoms with E-state index in [1.807, 2.05) is 31.2 Å². The molecule has 34 heavy (non-hydrogen) atoms. The summed E-state index contributed by atoms with van der Waals surface area (Å²) >= 11 is 7.72. The number of rotatable bonds is 6. The molecule has 0 saturated carbocycles. The first-order chi connectivity index (χ1) is 16.3. The van der Waals surface area contributed by atoms with Gasteiger partial charge < -0.3 is 15.2 Å². The van der Waals surface area contributed by atoms with Crippen molar-refractivity contribution in [3.05, 3.63) is 86.5 Å². The first kappa shape index (κ1) is 24.4. The largest absolute Gasteiger partial charge is 0.462 e. The van der Waals surface area contributed by atoms with Crippen molar-refractivity contribution in [2.24, 2.45) is 5.73 Å². The number of hydrogen-bond acceptors (Lipinski definition) is 6. The van der Waals surface area contributed by atoms with Crippen molar-refractivity contribution in [2.75, 3.05) is 6.61 Å². The van der Waals surface area contributed by atoms with E-state index in [2.05, 4.69) is 19.1 Å². The van der Waals surface area contributed by atoms with Crippen LogP contribution in [0.3, 0.4) is 0 Å². The van der Waals surface area contributed by atoms with E-state index in [1.54, 1.807) is 18.7 Å². The molecule has 7 heteroatoms. The topological polar surface area (TPSA) is 78.6 Å². The third-order valence-corrected chi connectivity index (χ3v) is 7.54. The molecule has 1 aliphatic heterocycles. The van der Waals surface area contributed by atoms with E-state index in [9.17, 15) is 9.59 Å². The standard InChI is InChI=1S/C27H28ClNO4S/c1-4-32-27(31)25-23(24-21(30)6-5-7-22(24)33-26(25)29)20-13-17(15(2)12-16(20)3)14-34-19-10-8-18(28)9-11-19/h8-13,23H,4-7,14,29H2,1-3H3/t23-/m0/s1. The predicted octanol–water partition coefficient (Wildman–Crippen LogP) is 6.10. The van der Waals surface area contributed by atoms with Crippen molar-refractivity contribution in [1.29, 1.82) is 0 Å². The van der Waals surface area contributed by atoms with Gasteiger partial charge in [0.1, 0.15) is 11.3 Å². The van der Waals surface area contributed by atoms with Crippen molar-refractivity contribution in [2.45, 2.75) is 56.6 Å². The summed E-state index contributed by atoms with van der Waals surface area (Å²) in [6, 6.07) is 12.0. The van der Waals surface area contributed by atoms with Crippen molar-refractivity contribution >= 4 is 35.1 Å². The molecular formula is C27H28ClNO4S. The van der Waals surface area contributed by atoms with Crippen molar-refractivity contribution < 1.29 is 19.1 Å². The van der Waals surface area contributed by atoms with E-state index in [0.29, 0.717) is 35.6 Å². The smallest absolute Gasteiger partial charge is 0.340 e. The molecule has 0 radical (unpaired) electrons. The molecule has 4 rings (SSSR count). The molecule has 5 nitrogen and oxygen atoms in total. The summed E-state index contributed by atoms with van der Waals surface area (Å²) in [5, 5.41) is 0.703. The number of allylic oxidation sites excluding steroid dienone is 2. The van der Waals surface area contributed by atoms with Crippen LogP contribution in [0.1, 0.15) is 54.4 Å². The zero-order valence-electron chi connectivity index (χ0n) is 19.6. The second-order valence-corrected chi connectivity index (χ2v) is 10.0. The van der Waals surface area contributed by atoms with Crippen LogP contribution in [0.2, 0.25) is 5.02 Å². The SMILES string of the molecule is CCOC(=O)C1=C(N)OC2=C(C(=O)CCC2)[C@@H]1c1cc(CSc2ccc(Cl)cc2)c(C)cc1C.